The van der Waals surface area contributed by atoms with Crippen LogP contribution in [0.3, 0.4) is 0 Å². The number of hydrogen-bond acceptors (Lipinski definition) is 4. The zero-order chi connectivity index (χ0) is 9.07. The van der Waals surface area contributed by atoms with E-state index in [1.54, 1.807) is 13.8 Å². The van der Waals surface area contributed by atoms with Crippen LogP contribution in [0.4, 0.5) is 0 Å². The van der Waals surface area contributed by atoms with Crippen molar-refractivity contribution < 1.29 is 19.7 Å². The van der Waals surface area contributed by atoms with Gasteiger partial charge in [0.15, 0.2) is 5.79 Å². The molecule has 0 rings (SSSR count). The van der Waals surface area contributed by atoms with Gasteiger partial charge in [-0.25, -0.2) is 0 Å². The van der Waals surface area contributed by atoms with Gasteiger partial charge in [-0.2, -0.15) is 0 Å². The van der Waals surface area contributed by atoms with E-state index in [0.717, 1.165) is 0 Å². The fourth-order valence-corrected chi connectivity index (χ4v) is 0.489. The summed E-state index contributed by atoms with van der Waals surface area (Å²) in [6, 6.07) is 0. The van der Waals surface area contributed by atoms with E-state index < -0.39 is 11.8 Å². The molecule has 0 heterocycles. The Morgan fingerprint density at radius 2 is 2.00 bits per heavy atom. The van der Waals surface area contributed by atoms with Crippen molar-refractivity contribution in [3.8, 4) is 0 Å². The Morgan fingerprint density at radius 3 is 2.27 bits per heavy atom. The fourth-order valence-electron chi connectivity index (χ4n) is 0.489. The molecule has 66 valence electrons. The average Bonchev–Trinajstić information content (AvgIpc) is 1.86. The van der Waals surface area contributed by atoms with Crippen LogP contribution in [0.2, 0.25) is 0 Å². The minimum atomic E-state index is -1.95. The molecule has 0 saturated heterocycles. The third kappa shape index (κ3) is 3.34. The number of carbonyl (C=O) groups excluding carboxylic acids is 1. The molecular formula is C7H14O4. The largest absolute Gasteiger partial charge is 0.469 e. The summed E-state index contributed by atoms with van der Waals surface area (Å²) in [5.74, 6) is -2.96. The lowest BCUT2D eigenvalue weighted by molar-refractivity contribution is -0.204. The van der Waals surface area contributed by atoms with Crippen molar-refractivity contribution in [2.24, 2.45) is 5.92 Å². The first-order valence-electron chi connectivity index (χ1n) is 3.41. The van der Waals surface area contributed by atoms with Gasteiger partial charge in [-0.05, 0) is 0 Å². The summed E-state index contributed by atoms with van der Waals surface area (Å²) in [5.41, 5.74) is 0. The van der Waals surface area contributed by atoms with Crippen LogP contribution in [0.5, 0.6) is 0 Å². The normalized spacial score (nSPS) is 11.8. The molecule has 11 heavy (non-hydrogen) atoms. The predicted molar refractivity (Wildman–Crippen MR) is 38.6 cm³/mol. The van der Waals surface area contributed by atoms with E-state index >= 15 is 0 Å². The van der Waals surface area contributed by atoms with Crippen molar-refractivity contribution in [1.29, 1.82) is 0 Å². The van der Waals surface area contributed by atoms with Crippen molar-refractivity contribution in [3.63, 3.8) is 0 Å². The second kappa shape index (κ2) is 3.69. The lowest BCUT2D eigenvalue weighted by Crippen LogP contribution is -2.37. The Hall–Kier alpha value is -0.610. The summed E-state index contributed by atoms with van der Waals surface area (Å²) < 4.78 is 4.28. The van der Waals surface area contributed by atoms with Gasteiger partial charge >= 0.3 is 5.97 Å². The van der Waals surface area contributed by atoms with Gasteiger partial charge < -0.3 is 14.9 Å². The monoisotopic (exact) mass is 162 g/mol. The number of ether oxygens (including phenoxy) is 1. The quantitative estimate of drug-likeness (QED) is 0.448. The lowest BCUT2D eigenvalue weighted by atomic mass is 10.0. The van der Waals surface area contributed by atoms with Crippen LogP contribution in [-0.4, -0.2) is 29.1 Å². The summed E-state index contributed by atoms with van der Waals surface area (Å²) >= 11 is 0. The molecule has 0 saturated carbocycles. The van der Waals surface area contributed by atoms with E-state index in [2.05, 4.69) is 4.74 Å². The number of methoxy groups -OCH3 is 1. The molecule has 0 aliphatic heterocycles. The van der Waals surface area contributed by atoms with Gasteiger partial charge in [0.2, 0.25) is 0 Å². The highest BCUT2D eigenvalue weighted by molar-refractivity contribution is 5.70. The Kier molecular flexibility index (Phi) is 3.48. The molecule has 2 N–H and O–H groups in total. The molecule has 0 unspecified atom stereocenters. The first-order valence-corrected chi connectivity index (χ1v) is 3.41. The zero-order valence-electron chi connectivity index (χ0n) is 7.00. The van der Waals surface area contributed by atoms with E-state index in [9.17, 15) is 4.79 Å². The van der Waals surface area contributed by atoms with Gasteiger partial charge in [-0.15, -0.1) is 0 Å². The highest BCUT2D eigenvalue weighted by atomic mass is 16.5. The summed E-state index contributed by atoms with van der Waals surface area (Å²) in [6.45, 7) is 3.23. The van der Waals surface area contributed by atoms with Crippen LogP contribution in [0, 0.1) is 5.92 Å². The molecule has 0 fully saturated rings. The number of aliphatic hydroxyl groups is 2. The minimum Gasteiger partial charge on any atom is -0.469 e. The highest BCUT2D eigenvalue weighted by Gasteiger charge is 2.30. The first kappa shape index (κ1) is 10.4. The molecule has 0 aromatic heterocycles. The van der Waals surface area contributed by atoms with Crippen LogP contribution in [0.25, 0.3) is 0 Å². The maximum atomic E-state index is 10.6. The maximum absolute atomic E-state index is 10.6. The van der Waals surface area contributed by atoms with E-state index in [0.29, 0.717) is 0 Å². The number of esters is 1. The summed E-state index contributed by atoms with van der Waals surface area (Å²) in [6.07, 6.45) is -0.388. The summed E-state index contributed by atoms with van der Waals surface area (Å²) in [5, 5.41) is 18.3. The van der Waals surface area contributed by atoms with Gasteiger partial charge in [-0.1, -0.05) is 13.8 Å². The Morgan fingerprint density at radius 1 is 1.55 bits per heavy atom. The Bertz CT molecular complexity index is 139. The second-order valence-corrected chi connectivity index (χ2v) is 2.79. The van der Waals surface area contributed by atoms with Crippen molar-refractivity contribution in [1.82, 2.24) is 0 Å². The molecule has 0 aromatic rings. The van der Waals surface area contributed by atoms with Gasteiger partial charge in [0.1, 0.15) is 0 Å². The molecule has 0 aromatic carbocycles. The van der Waals surface area contributed by atoms with E-state index in [1.807, 2.05) is 0 Å². The molecule has 0 radical (unpaired) electrons. The lowest BCUT2D eigenvalue weighted by Gasteiger charge is -2.24. The average molecular weight is 162 g/mol. The van der Waals surface area contributed by atoms with E-state index in [-0.39, 0.29) is 12.3 Å². The van der Waals surface area contributed by atoms with Crippen LogP contribution < -0.4 is 0 Å². The smallest absolute Gasteiger partial charge is 0.310 e. The SMILES string of the molecule is COC(=O)CC(O)(O)C(C)C. The van der Waals surface area contributed by atoms with Crippen LogP contribution in [-0.2, 0) is 9.53 Å². The molecule has 0 spiro atoms. The van der Waals surface area contributed by atoms with Crippen LogP contribution in [0.15, 0.2) is 0 Å². The summed E-state index contributed by atoms with van der Waals surface area (Å²) in [4.78, 5) is 10.6. The van der Waals surface area contributed by atoms with Crippen molar-refractivity contribution >= 4 is 5.97 Å². The van der Waals surface area contributed by atoms with Gasteiger partial charge in [0.05, 0.1) is 13.5 Å². The molecule has 0 bridgehead atoms. The highest BCUT2D eigenvalue weighted by Crippen LogP contribution is 2.17. The van der Waals surface area contributed by atoms with Crippen LogP contribution in [0.1, 0.15) is 20.3 Å². The zero-order valence-corrected chi connectivity index (χ0v) is 7.00. The van der Waals surface area contributed by atoms with Crippen molar-refractivity contribution in [2.45, 2.75) is 26.1 Å². The topological polar surface area (TPSA) is 66.8 Å². The number of rotatable bonds is 3. The van der Waals surface area contributed by atoms with E-state index in [4.69, 9.17) is 10.2 Å². The Balaban J connectivity index is 4.01. The molecular weight excluding hydrogens is 148 g/mol. The third-order valence-electron chi connectivity index (χ3n) is 1.56. The second-order valence-electron chi connectivity index (χ2n) is 2.79. The number of hydrogen-bond donors (Lipinski definition) is 2. The minimum absolute atomic E-state index is 0.387. The molecule has 0 atom stereocenters. The van der Waals surface area contributed by atoms with Crippen molar-refractivity contribution in [2.75, 3.05) is 7.11 Å². The predicted octanol–water partition coefficient (Wildman–Crippen LogP) is -0.114. The van der Waals surface area contributed by atoms with Crippen LogP contribution >= 0.6 is 0 Å². The third-order valence-corrected chi connectivity index (χ3v) is 1.56. The molecule has 0 amide bonds. The molecule has 0 aliphatic rings. The van der Waals surface area contributed by atoms with E-state index in [1.165, 1.54) is 7.11 Å². The number of carbonyl (C=O) groups is 1. The fraction of sp³-hybridized carbons (Fsp3) is 0.857. The first-order chi connectivity index (χ1) is 4.90. The molecule has 4 heteroatoms. The van der Waals surface area contributed by atoms with Gasteiger partial charge in [0, 0.05) is 5.92 Å². The molecule has 4 nitrogen and oxygen atoms in total. The maximum Gasteiger partial charge on any atom is 0.310 e. The molecule has 0 aliphatic carbocycles. The van der Waals surface area contributed by atoms with Gasteiger partial charge in [-0.3, -0.25) is 4.79 Å². The Labute approximate surface area is 65.8 Å². The van der Waals surface area contributed by atoms with Crippen molar-refractivity contribution in [3.05, 3.63) is 0 Å². The van der Waals surface area contributed by atoms with Gasteiger partial charge in [0.25, 0.3) is 0 Å². The summed E-state index contributed by atoms with van der Waals surface area (Å²) in [7, 11) is 1.21. The standard InChI is InChI=1S/C7H14O4/c1-5(2)7(9,10)4-6(8)11-3/h5,9-10H,4H2,1-3H3.